The zero-order valence-corrected chi connectivity index (χ0v) is 11.1. The molecule has 0 radical (unpaired) electrons. The molecule has 5 nitrogen and oxygen atoms in total. The standard InChI is InChI=1S/C14H8ClNO4/c1-6-2-7-10(3-9(6)15)16-5-8-11(17)4-12(14(18)19)20-13(7)8/h2-5H,1H3,(H,18,19). The summed E-state index contributed by atoms with van der Waals surface area (Å²) >= 11 is 6.03. The Labute approximate surface area is 117 Å². The zero-order valence-electron chi connectivity index (χ0n) is 10.3. The van der Waals surface area contributed by atoms with Crippen LogP contribution < -0.4 is 5.43 Å². The Morgan fingerprint density at radius 1 is 1.30 bits per heavy atom. The molecule has 0 amide bonds. The number of aryl methyl sites for hydroxylation is 1. The average molecular weight is 290 g/mol. The molecular weight excluding hydrogens is 282 g/mol. The summed E-state index contributed by atoms with van der Waals surface area (Å²) < 4.78 is 5.33. The Bertz CT molecular complexity index is 930. The fraction of sp³-hybridized carbons (Fsp3) is 0.0714. The van der Waals surface area contributed by atoms with Gasteiger partial charge in [-0.1, -0.05) is 11.6 Å². The molecule has 0 saturated heterocycles. The van der Waals surface area contributed by atoms with E-state index in [1.54, 1.807) is 19.1 Å². The first kappa shape index (κ1) is 12.6. The number of hydrogen-bond donors (Lipinski definition) is 1. The molecule has 0 atom stereocenters. The molecule has 20 heavy (non-hydrogen) atoms. The van der Waals surface area contributed by atoms with E-state index < -0.39 is 17.2 Å². The Kier molecular flexibility index (Phi) is 2.72. The summed E-state index contributed by atoms with van der Waals surface area (Å²) in [6.45, 7) is 1.81. The number of hydrogen-bond acceptors (Lipinski definition) is 4. The quantitative estimate of drug-likeness (QED) is 0.697. The lowest BCUT2D eigenvalue weighted by Crippen LogP contribution is -2.07. The Hall–Kier alpha value is -2.40. The fourth-order valence-corrected chi connectivity index (χ4v) is 2.18. The highest BCUT2D eigenvalue weighted by Gasteiger charge is 2.14. The minimum atomic E-state index is -1.29. The van der Waals surface area contributed by atoms with Gasteiger partial charge < -0.3 is 9.52 Å². The molecule has 0 bridgehead atoms. The van der Waals surface area contributed by atoms with Crippen molar-refractivity contribution in [2.24, 2.45) is 0 Å². The van der Waals surface area contributed by atoms with Gasteiger partial charge in [-0.2, -0.15) is 0 Å². The van der Waals surface area contributed by atoms with Crippen LogP contribution in [0, 0.1) is 6.92 Å². The first-order valence-electron chi connectivity index (χ1n) is 5.73. The van der Waals surface area contributed by atoms with E-state index in [9.17, 15) is 9.59 Å². The third-order valence-electron chi connectivity index (χ3n) is 3.05. The molecule has 1 N–H and O–H groups in total. The number of pyridine rings is 1. The van der Waals surface area contributed by atoms with Gasteiger partial charge in [-0.15, -0.1) is 0 Å². The molecule has 0 aliphatic rings. The lowest BCUT2D eigenvalue weighted by Gasteiger charge is -2.05. The molecule has 2 heterocycles. The smallest absolute Gasteiger partial charge is 0.371 e. The van der Waals surface area contributed by atoms with Crippen LogP contribution in [0.25, 0.3) is 21.9 Å². The van der Waals surface area contributed by atoms with E-state index in [1.807, 2.05) is 0 Å². The van der Waals surface area contributed by atoms with Crippen LogP contribution in [0.3, 0.4) is 0 Å². The van der Waals surface area contributed by atoms with E-state index in [4.69, 9.17) is 21.1 Å². The maximum atomic E-state index is 11.9. The third-order valence-corrected chi connectivity index (χ3v) is 3.46. The Balaban J connectivity index is 2.54. The number of benzene rings is 1. The minimum Gasteiger partial charge on any atom is -0.475 e. The summed E-state index contributed by atoms with van der Waals surface area (Å²) in [5.74, 6) is -1.69. The number of nitrogens with zero attached hydrogens (tertiary/aromatic N) is 1. The molecule has 3 rings (SSSR count). The largest absolute Gasteiger partial charge is 0.475 e. The van der Waals surface area contributed by atoms with Crippen molar-refractivity contribution in [2.45, 2.75) is 6.92 Å². The van der Waals surface area contributed by atoms with Crippen molar-refractivity contribution >= 4 is 39.4 Å². The van der Waals surface area contributed by atoms with Crippen molar-refractivity contribution in [3.8, 4) is 0 Å². The molecule has 2 aromatic heterocycles. The second-order valence-corrected chi connectivity index (χ2v) is 4.81. The second kappa shape index (κ2) is 4.31. The average Bonchev–Trinajstić information content (AvgIpc) is 2.40. The topological polar surface area (TPSA) is 80.4 Å². The van der Waals surface area contributed by atoms with Crippen molar-refractivity contribution in [3.05, 3.63) is 51.0 Å². The number of aromatic carboxylic acids is 1. The van der Waals surface area contributed by atoms with E-state index in [0.717, 1.165) is 11.6 Å². The molecule has 0 saturated carbocycles. The summed E-state index contributed by atoms with van der Waals surface area (Å²) in [6.07, 6.45) is 1.36. The number of halogens is 1. The summed E-state index contributed by atoms with van der Waals surface area (Å²) in [6, 6.07) is 4.32. The molecule has 1 aromatic carbocycles. The van der Waals surface area contributed by atoms with Gasteiger partial charge in [-0.05, 0) is 24.6 Å². The van der Waals surface area contributed by atoms with Crippen molar-refractivity contribution in [1.82, 2.24) is 4.98 Å². The summed E-state index contributed by atoms with van der Waals surface area (Å²) in [7, 11) is 0. The van der Waals surface area contributed by atoms with Gasteiger partial charge in [0.05, 0.1) is 10.9 Å². The van der Waals surface area contributed by atoms with E-state index in [0.29, 0.717) is 15.9 Å². The normalized spacial score (nSPS) is 11.1. The van der Waals surface area contributed by atoms with E-state index in [-0.39, 0.29) is 11.0 Å². The van der Waals surface area contributed by atoms with Crippen LogP contribution in [0.1, 0.15) is 16.1 Å². The van der Waals surface area contributed by atoms with Crippen molar-refractivity contribution in [3.63, 3.8) is 0 Å². The maximum Gasteiger partial charge on any atom is 0.371 e. The summed E-state index contributed by atoms with van der Waals surface area (Å²) in [5.41, 5.74) is 1.10. The fourth-order valence-electron chi connectivity index (χ4n) is 2.02. The molecule has 0 fully saturated rings. The molecule has 0 spiro atoms. The van der Waals surface area contributed by atoms with Crippen molar-refractivity contribution < 1.29 is 14.3 Å². The van der Waals surface area contributed by atoms with Gasteiger partial charge in [0.2, 0.25) is 5.76 Å². The van der Waals surface area contributed by atoms with Crippen LogP contribution in [0.5, 0.6) is 0 Å². The van der Waals surface area contributed by atoms with Crippen LogP contribution in [0.4, 0.5) is 0 Å². The van der Waals surface area contributed by atoms with E-state index in [2.05, 4.69) is 4.98 Å². The molecule has 0 aliphatic carbocycles. The molecule has 3 aromatic rings. The number of carboxylic acids is 1. The molecule has 6 heteroatoms. The lowest BCUT2D eigenvalue weighted by molar-refractivity contribution is 0.0663. The number of rotatable bonds is 1. The SMILES string of the molecule is Cc1cc2c(cc1Cl)ncc1c(=O)cc(C(=O)O)oc12. The predicted molar refractivity (Wildman–Crippen MR) is 74.5 cm³/mol. The highest BCUT2D eigenvalue weighted by Crippen LogP contribution is 2.27. The van der Waals surface area contributed by atoms with Crippen LogP contribution in [-0.4, -0.2) is 16.1 Å². The minimum absolute atomic E-state index is 0.208. The summed E-state index contributed by atoms with van der Waals surface area (Å²) in [4.78, 5) is 27.0. The van der Waals surface area contributed by atoms with Gasteiger partial charge in [0.25, 0.3) is 0 Å². The first-order chi connectivity index (χ1) is 9.47. The van der Waals surface area contributed by atoms with Gasteiger partial charge >= 0.3 is 5.97 Å². The van der Waals surface area contributed by atoms with Gasteiger partial charge in [0.15, 0.2) is 5.43 Å². The van der Waals surface area contributed by atoms with Gasteiger partial charge in [-0.3, -0.25) is 9.78 Å². The molecule has 0 aliphatic heterocycles. The molecule has 100 valence electrons. The van der Waals surface area contributed by atoms with Crippen LogP contribution >= 0.6 is 11.6 Å². The van der Waals surface area contributed by atoms with Gasteiger partial charge in [0, 0.05) is 22.7 Å². The third kappa shape index (κ3) is 1.83. The van der Waals surface area contributed by atoms with Gasteiger partial charge in [0.1, 0.15) is 5.58 Å². The Morgan fingerprint density at radius 3 is 2.75 bits per heavy atom. The monoisotopic (exact) mass is 289 g/mol. The number of carbonyl (C=O) groups is 1. The summed E-state index contributed by atoms with van der Waals surface area (Å²) in [5, 5.41) is 10.3. The van der Waals surface area contributed by atoms with Crippen molar-refractivity contribution in [1.29, 1.82) is 0 Å². The molecular formula is C14H8ClNO4. The number of fused-ring (bicyclic) bond motifs is 3. The zero-order chi connectivity index (χ0) is 14.4. The lowest BCUT2D eigenvalue weighted by atomic mass is 10.1. The van der Waals surface area contributed by atoms with Crippen LogP contribution in [-0.2, 0) is 0 Å². The van der Waals surface area contributed by atoms with Crippen LogP contribution in [0.2, 0.25) is 5.02 Å². The van der Waals surface area contributed by atoms with Crippen molar-refractivity contribution in [2.75, 3.05) is 0 Å². The van der Waals surface area contributed by atoms with Crippen LogP contribution in [0.15, 0.2) is 33.6 Å². The first-order valence-corrected chi connectivity index (χ1v) is 6.11. The number of carboxylic acid groups (broad SMARTS) is 1. The van der Waals surface area contributed by atoms with Gasteiger partial charge in [-0.25, -0.2) is 4.79 Å². The van der Waals surface area contributed by atoms with E-state index in [1.165, 1.54) is 6.20 Å². The number of aromatic nitrogens is 1. The highest BCUT2D eigenvalue weighted by molar-refractivity contribution is 6.32. The highest BCUT2D eigenvalue weighted by atomic mass is 35.5. The molecule has 0 unspecified atom stereocenters. The maximum absolute atomic E-state index is 11.9. The Morgan fingerprint density at radius 2 is 2.05 bits per heavy atom. The van der Waals surface area contributed by atoms with E-state index >= 15 is 0 Å². The second-order valence-electron chi connectivity index (χ2n) is 4.40. The predicted octanol–water partition coefficient (Wildman–Crippen LogP) is 3.00.